The van der Waals surface area contributed by atoms with Gasteiger partial charge in [-0.3, -0.25) is 9.59 Å². The van der Waals surface area contributed by atoms with Gasteiger partial charge >= 0.3 is 0 Å². The van der Waals surface area contributed by atoms with Crippen LogP contribution in [0.3, 0.4) is 0 Å². The molecule has 6 heteroatoms. The Morgan fingerprint density at radius 2 is 1.67 bits per heavy atom. The lowest BCUT2D eigenvalue weighted by Crippen LogP contribution is -2.73. The van der Waals surface area contributed by atoms with Gasteiger partial charge in [-0.25, -0.2) is 0 Å². The maximum absolute atomic E-state index is 13.0. The van der Waals surface area contributed by atoms with Crippen LogP contribution in [0.15, 0.2) is 54.6 Å². The summed E-state index contributed by atoms with van der Waals surface area (Å²) in [5, 5.41) is 10.0. The van der Waals surface area contributed by atoms with Crippen LogP contribution in [0.5, 0.6) is 0 Å². The zero-order valence-electron chi connectivity index (χ0n) is 18.7. The Balaban J connectivity index is 1.30. The van der Waals surface area contributed by atoms with E-state index in [2.05, 4.69) is 48.6 Å². The number of piperazine rings is 1. The quantitative estimate of drug-likeness (QED) is 0.717. The van der Waals surface area contributed by atoms with Crippen molar-refractivity contribution < 1.29 is 19.4 Å². The van der Waals surface area contributed by atoms with Crippen molar-refractivity contribution in [3.05, 3.63) is 71.3 Å². The summed E-state index contributed by atoms with van der Waals surface area (Å²) < 4.78 is 5.38. The van der Waals surface area contributed by atoms with Crippen LogP contribution in [0.2, 0.25) is 0 Å². The van der Waals surface area contributed by atoms with Crippen LogP contribution in [0.25, 0.3) is 12.2 Å². The summed E-state index contributed by atoms with van der Waals surface area (Å²) in [6.45, 7) is 1.77. The van der Waals surface area contributed by atoms with Gasteiger partial charge in [0.1, 0.15) is 0 Å². The van der Waals surface area contributed by atoms with Gasteiger partial charge in [-0.05, 0) is 29.5 Å². The number of aliphatic hydroxyl groups is 1. The Labute approximate surface area is 194 Å². The molecule has 3 aliphatic heterocycles. The summed E-state index contributed by atoms with van der Waals surface area (Å²) in [5.41, 5.74) is 3.34. The first-order valence-electron chi connectivity index (χ1n) is 11.8. The van der Waals surface area contributed by atoms with Crippen LogP contribution in [0.4, 0.5) is 0 Å². The van der Waals surface area contributed by atoms with Crippen molar-refractivity contribution in [2.45, 2.75) is 30.8 Å². The number of benzene rings is 2. The summed E-state index contributed by atoms with van der Waals surface area (Å²) in [4.78, 5) is 29.4. The molecule has 0 spiro atoms. The van der Waals surface area contributed by atoms with Gasteiger partial charge in [-0.2, -0.15) is 0 Å². The number of hydrogen-bond acceptors (Lipinski definition) is 4. The van der Waals surface area contributed by atoms with E-state index in [1.54, 1.807) is 9.80 Å². The maximum Gasteiger partial charge on any atom is 0.242 e. The zero-order chi connectivity index (χ0) is 22.8. The highest BCUT2D eigenvalue weighted by Gasteiger charge is 2.54. The van der Waals surface area contributed by atoms with E-state index in [4.69, 9.17) is 4.74 Å². The summed E-state index contributed by atoms with van der Waals surface area (Å²) in [6.07, 6.45) is 5.60. The van der Waals surface area contributed by atoms with Crippen molar-refractivity contribution in [2.75, 3.05) is 32.9 Å². The monoisotopic (exact) mass is 446 g/mol. The van der Waals surface area contributed by atoms with E-state index in [-0.39, 0.29) is 48.9 Å². The van der Waals surface area contributed by atoms with Crippen LogP contribution in [-0.4, -0.2) is 71.7 Å². The summed E-state index contributed by atoms with van der Waals surface area (Å²) >= 11 is 0. The smallest absolute Gasteiger partial charge is 0.242 e. The van der Waals surface area contributed by atoms with Gasteiger partial charge in [0.15, 0.2) is 0 Å². The molecule has 3 saturated heterocycles. The second kappa shape index (κ2) is 9.49. The second-order valence-electron chi connectivity index (χ2n) is 9.16. The van der Waals surface area contributed by atoms with E-state index >= 15 is 0 Å². The third-order valence-corrected chi connectivity index (χ3v) is 7.22. The average molecular weight is 447 g/mol. The van der Waals surface area contributed by atoms with E-state index in [9.17, 15) is 14.7 Å². The fraction of sp³-hybridized carbons (Fsp3) is 0.407. The first-order chi connectivity index (χ1) is 16.2. The number of fused-ring (bicyclic) bond motifs is 1. The van der Waals surface area contributed by atoms with Crippen molar-refractivity contribution in [3.63, 3.8) is 0 Å². The molecule has 6 nitrogen and oxygen atoms in total. The van der Waals surface area contributed by atoms with E-state index in [0.717, 1.165) is 29.5 Å². The van der Waals surface area contributed by atoms with Crippen molar-refractivity contribution in [1.82, 2.24) is 9.80 Å². The van der Waals surface area contributed by atoms with E-state index in [1.165, 1.54) is 0 Å². The third-order valence-electron chi connectivity index (χ3n) is 7.22. The number of ether oxygens (including phenoxy) is 1. The first-order valence-corrected chi connectivity index (χ1v) is 11.8. The van der Waals surface area contributed by atoms with E-state index < -0.39 is 0 Å². The highest BCUT2D eigenvalue weighted by atomic mass is 16.5. The lowest BCUT2D eigenvalue weighted by Gasteiger charge is -2.59. The minimum absolute atomic E-state index is 0.0244. The predicted molar refractivity (Wildman–Crippen MR) is 126 cm³/mol. The lowest BCUT2D eigenvalue weighted by molar-refractivity contribution is -0.169. The number of nitrogens with zero attached hydrogens (tertiary/aromatic N) is 2. The molecule has 0 saturated carbocycles. The predicted octanol–water partition coefficient (Wildman–Crippen LogP) is 2.78. The molecule has 1 N–H and O–H groups in total. The van der Waals surface area contributed by atoms with Crippen LogP contribution in [-0.2, 0) is 14.3 Å². The molecule has 5 rings (SSSR count). The summed E-state index contributed by atoms with van der Waals surface area (Å²) in [5.74, 6) is -0.0272. The second-order valence-corrected chi connectivity index (χ2v) is 9.16. The fourth-order valence-electron chi connectivity index (χ4n) is 5.46. The number of rotatable bonds is 5. The Morgan fingerprint density at radius 3 is 2.33 bits per heavy atom. The molecule has 2 amide bonds. The zero-order valence-corrected chi connectivity index (χ0v) is 18.7. The molecular formula is C27H30N2O4. The molecular weight excluding hydrogens is 416 g/mol. The Morgan fingerprint density at radius 1 is 1.00 bits per heavy atom. The molecule has 172 valence electrons. The molecule has 0 aromatic heterocycles. The van der Waals surface area contributed by atoms with Crippen molar-refractivity contribution in [1.29, 1.82) is 0 Å². The summed E-state index contributed by atoms with van der Waals surface area (Å²) in [7, 11) is 0. The molecule has 33 heavy (non-hydrogen) atoms. The number of hydrogen-bond donors (Lipinski definition) is 1. The molecule has 3 fully saturated rings. The minimum Gasteiger partial charge on any atom is -0.394 e. The topological polar surface area (TPSA) is 70.1 Å². The van der Waals surface area contributed by atoms with Crippen LogP contribution < -0.4 is 0 Å². The normalized spacial score (nSPS) is 25.7. The SMILES string of the molecule is O=C(C1CCOCC1)N1CC(=O)N2[C@@H](CO)[C@H](c3ccc(/C=C/c4ccccc4)cc3)[C@@H]2C1. The van der Waals surface area contributed by atoms with Crippen LogP contribution in [0.1, 0.15) is 35.4 Å². The molecule has 3 atom stereocenters. The molecule has 0 radical (unpaired) electrons. The Kier molecular flexibility index (Phi) is 6.29. The van der Waals surface area contributed by atoms with Crippen LogP contribution in [0, 0.1) is 5.92 Å². The molecule has 0 unspecified atom stereocenters. The van der Waals surface area contributed by atoms with Gasteiger partial charge in [0.05, 0.1) is 25.2 Å². The number of carbonyl (C=O) groups is 2. The molecule has 2 aromatic carbocycles. The average Bonchev–Trinajstić information content (AvgIpc) is 2.85. The lowest BCUT2D eigenvalue weighted by atomic mass is 9.73. The molecule has 2 aromatic rings. The molecule has 0 aliphatic carbocycles. The van der Waals surface area contributed by atoms with Crippen molar-refractivity contribution >= 4 is 24.0 Å². The van der Waals surface area contributed by atoms with Gasteiger partial charge in [0, 0.05) is 31.6 Å². The van der Waals surface area contributed by atoms with Gasteiger partial charge in [-0.15, -0.1) is 0 Å². The van der Waals surface area contributed by atoms with Crippen molar-refractivity contribution in [2.24, 2.45) is 5.92 Å². The third kappa shape index (κ3) is 4.33. The fourth-order valence-corrected chi connectivity index (χ4v) is 5.46. The largest absolute Gasteiger partial charge is 0.394 e. The molecule has 3 heterocycles. The molecule has 3 aliphatic rings. The number of aliphatic hydroxyl groups excluding tert-OH is 1. The first kappa shape index (κ1) is 21.9. The van der Waals surface area contributed by atoms with E-state index in [0.29, 0.717) is 19.8 Å². The highest BCUT2D eigenvalue weighted by molar-refractivity contribution is 5.88. The van der Waals surface area contributed by atoms with Gasteiger partial charge in [-0.1, -0.05) is 66.7 Å². The van der Waals surface area contributed by atoms with Crippen molar-refractivity contribution in [3.8, 4) is 0 Å². The van der Waals surface area contributed by atoms with Gasteiger partial charge < -0.3 is 19.6 Å². The van der Waals surface area contributed by atoms with E-state index in [1.807, 2.05) is 18.2 Å². The van der Waals surface area contributed by atoms with Gasteiger partial charge in [0.25, 0.3) is 0 Å². The summed E-state index contributed by atoms with van der Waals surface area (Å²) in [6, 6.07) is 18.1. The standard InChI is InChI=1S/C27H30N2O4/c30-18-24-26(21-10-8-20(9-11-21)7-6-19-4-2-1-3-5-19)23-16-28(17-25(31)29(23)24)27(32)22-12-14-33-15-13-22/h1-11,22-24,26,30H,12-18H2/b7-6+/t23-,24-,26+/m0/s1. The molecule has 0 bridgehead atoms. The number of amides is 2. The van der Waals surface area contributed by atoms with Crippen LogP contribution >= 0.6 is 0 Å². The minimum atomic E-state index is -0.228. The highest BCUT2D eigenvalue weighted by Crippen LogP contribution is 2.43. The Hall–Kier alpha value is -2.96. The number of carbonyl (C=O) groups excluding carboxylic acids is 2. The van der Waals surface area contributed by atoms with Gasteiger partial charge in [0.2, 0.25) is 11.8 Å². The maximum atomic E-state index is 13.0. The Bertz CT molecular complexity index is 1010.